The summed E-state index contributed by atoms with van der Waals surface area (Å²) in [4.78, 5) is 42.8. The number of nitrogens with one attached hydrogen (secondary N) is 2. The van der Waals surface area contributed by atoms with E-state index in [1.807, 2.05) is 0 Å². The monoisotopic (exact) mass is 330 g/mol. The zero-order chi connectivity index (χ0) is 16.4. The van der Waals surface area contributed by atoms with Crippen molar-refractivity contribution in [2.45, 2.75) is 6.54 Å². The summed E-state index contributed by atoms with van der Waals surface area (Å²) in [5, 5.41) is 3.27. The lowest BCUT2D eigenvalue weighted by atomic mass is 10.2. The Morgan fingerprint density at radius 3 is 2.74 bits per heavy atom. The molecule has 116 valence electrons. The third-order valence-electron chi connectivity index (χ3n) is 3.19. The maximum absolute atomic E-state index is 12.3. The normalized spacial score (nSPS) is 10.7. The largest absolute Gasteiger partial charge is 0.329 e. The molecule has 3 aromatic rings. The Labute approximate surface area is 134 Å². The number of rotatable bonds is 3. The Kier molecular flexibility index (Phi) is 3.94. The fourth-order valence-electron chi connectivity index (χ4n) is 2.12. The van der Waals surface area contributed by atoms with Crippen molar-refractivity contribution in [2.75, 3.05) is 5.32 Å². The number of anilines is 1. The van der Waals surface area contributed by atoms with Crippen molar-refractivity contribution >= 4 is 34.2 Å². The van der Waals surface area contributed by atoms with Crippen molar-refractivity contribution in [3.05, 3.63) is 68.5 Å². The van der Waals surface area contributed by atoms with E-state index in [4.69, 9.17) is 11.6 Å². The Morgan fingerprint density at radius 2 is 2.00 bits per heavy atom. The molecule has 0 saturated carbocycles. The second kappa shape index (κ2) is 6.05. The van der Waals surface area contributed by atoms with Crippen molar-refractivity contribution in [1.82, 2.24) is 14.5 Å². The minimum atomic E-state index is -0.645. The topological polar surface area (TPSA) is 96.9 Å². The lowest BCUT2D eigenvalue weighted by molar-refractivity contribution is -0.116. The van der Waals surface area contributed by atoms with E-state index >= 15 is 0 Å². The summed E-state index contributed by atoms with van der Waals surface area (Å²) < 4.78 is 0.841. The maximum Gasteiger partial charge on any atom is 0.329 e. The van der Waals surface area contributed by atoms with Crippen LogP contribution in [0.15, 0.2) is 52.2 Å². The summed E-state index contributed by atoms with van der Waals surface area (Å²) in [7, 11) is 0. The molecule has 0 spiro atoms. The van der Waals surface area contributed by atoms with E-state index in [1.165, 1.54) is 12.3 Å². The number of nitrogens with zero attached hydrogens (tertiary/aromatic N) is 2. The molecule has 1 aromatic carbocycles. The lowest BCUT2D eigenvalue weighted by Gasteiger charge is -2.07. The summed E-state index contributed by atoms with van der Waals surface area (Å²) in [5.41, 5.74) is -0.741. The molecule has 0 fully saturated rings. The Balaban J connectivity index is 1.89. The van der Waals surface area contributed by atoms with Crippen LogP contribution < -0.4 is 16.6 Å². The number of hydrogen-bond donors (Lipinski definition) is 2. The van der Waals surface area contributed by atoms with Gasteiger partial charge in [0.2, 0.25) is 5.91 Å². The minimum absolute atomic E-state index is 0.282. The number of carbonyl (C=O) groups excluding carboxylic acids is 1. The number of hydrogen-bond acceptors (Lipinski definition) is 4. The lowest BCUT2D eigenvalue weighted by Crippen LogP contribution is -2.38. The van der Waals surface area contributed by atoms with Gasteiger partial charge in [-0.25, -0.2) is 9.78 Å². The molecule has 7 nitrogen and oxygen atoms in total. The van der Waals surface area contributed by atoms with Gasteiger partial charge in [0.15, 0.2) is 0 Å². The minimum Gasteiger partial charge on any atom is -0.309 e. The molecule has 0 aliphatic rings. The predicted molar refractivity (Wildman–Crippen MR) is 86.7 cm³/mol. The van der Waals surface area contributed by atoms with Crippen molar-refractivity contribution in [3.8, 4) is 0 Å². The van der Waals surface area contributed by atoms with Crippen LogP contribution in [0.5, 0.6) is 0 Å². The van der Waals surface area contributed by atoms with Crippen LogP contribution in [0.2, 0.25) is 5.02 Å². The molecular formula is C15H11ClN4O3. The van der Waals surface area contributed by atoms with Gasteiger partial charge in [-0.15, -0.1) is 0 Å². The molecule has 2 aromatic heterocycles. The number of fused-ring (bicyclic) bond motifs is 1. The first-order valence-corrected chi connectivity index (χ1v) is 7.05. The third kappa shape index (κ3) is 3.14. The van der Waals surface area contributed by atoms with Crippen LogP contribution in [0.4, 0.5) is 5.82 Å². The van der Waals surface area contributed by atoms with E-state index in [1.54, 1.807) is 30.3 Å². The Hall–Kier alpha value is -2.93. The molecule has 23 heavy (non-hydrogen) atoms. The first-order valence-electron chi connectivity index (χ1n) is 6.68. The number of halogens is 1. The van der Waals surface area contributed by atoms with E-state index in [9.17, 15) is 14.4 Å². The van der Waals surface area contributed by atoms with Gasteiger partial charge < -0.3 is 10.3 Å². The van der Waals surface area contributed by atoms with Gasteiger partial charge in [0, 0.05) is 6.20 Å². The fourth-order valence-corrected chi connectivity index (χ4v) is 2.23. The highest BCUT2D eigenvalue weighted by molar-refractivity contribution is 6.30. The van der Waals surface area contributed by atoms with E-state index in [-0.39, 0.29) is 5.82 Å². The van der Waals surface area contributed by atoms with Gasteiger partial charge in [0.1, 0.15) is 12.4 Å². The van der Waals surface area contributed by atoms with Crippen molar-refractivity contribution in [2.24, 2.45) is 0 Å². The molecule has 3 rings (SSSR count). The first kappa shape index (κ1) is 15.0. The smallest absolute Gasteiger partial charge is 0.309 e. The molecule has 0 atom stereocenters. The van der Waals surface area contributed by atoms with Crippen molar-refractivity contribution < 1.29 is 4.79 Å². The van der Waals surface area contributed by atoms with E-state index in [0.717, 1.165) is 4.57 Å². The highest BCUT2D eigenvalue weighted by Crippen LogP contribution is 2.09. The number of carbonyl (C=O) groups is 1. The molecule has 0 unspecified atom stereocenters. The summed E-state index contributed by atoms with van der Waals surface area (Å²) in [6, 6.07) is 9.70. The van der Waals surface area contributed by atoms with Gasteiger partial charge in [-0.05, 0) is 24.3 Å². The number of H-pyrrole nitrogens is 1. The molecule has 2 heterocycles. The average Bonchev–Trinajstić information content (AvgIpc) is 2.54. The molecule has 1 amide bonds. The highest BCUT2D eigenvalue weighted by Gasteiger charge is 2.11. The number of amides is 1. The zero-order valence-corrected chi connectivity index (χ0v) is 12.5. The van der Waals surface area contributed by atoms with Gasteiger partial charge in [-0.2, -0.15) is 0 Å². The van der Waals surface area contributed by atoms with Gasteiger partial charge in [-0.3, -0.25) is 14.2 Å². The maximum atomic E-state index is 12.3. The Morgan fingerprint density at radius 1 is 1.22 bits per heavy atom. The second-order valence-electron chi connectivity index (χ2n) is 4.78. The van der Waals surface area contributed by atoms with Gasteiger partial charge in [0.05, 0.1) is 15.9 Å². The highest BCUT2D eigenvalue weighted by atomic mass is 35.5. The summed E-state index contributed by atoms with van der Waals surface area (Å²) in [6.07, 6.45) is 1.38. The van der Waals surface area contributed by atoms with Crippen LogP contribution in [0.25, 0.3) is 10.9 Å². The standard InChI is InChI=1S/C15H11ClN4O3/c16-9-5-6-12(17-7-9)19-13(21)8-20-14(22)10-3-1-2-4-11(10)18-15(20)23/h1-7H,8H2,(H,18,23)(H,17,19,21). The van der Waals surface area contributed by atoms with Crippen LogP contribution in [0.1, 0.15) is 0 Å². The number of para-hydroxylation sites is 1. The summed E-state index contributed by atoms with van der Waals surface area (Å²) in [6.45, 7) is -0.413. The van der Waals surface area contributed by atoms with Gasteiger partial charge >= 0.3 is 5.69 Å². The Bertz CT molecular complexity index is 992. The predicted octanol–water partition coefficient (Wildman–Crippen LogP) is 1.38. The number of benzene rings is 1. The average molecular weight is 331 g/mol. The zero-order valence-electron chi connectivity index (χ0n) is 11.7. The molecule has 0 aliphatic carbocycles. The molecule has 0 radical (unpaired) electrons. The van der Waals surface area contributed by atoms with Gasteiger partial charge in [-0.1, -0.05) is 23.7 Å². The third-order valence-corrected chi connectivity index (χ3v) is 3.41. The van der Waals surface area contributed by atoms with E-state index in [2.05, 4.69) is 15.3 Å². The quantitative estimate of drug-likeness (QED) is 0.758. The molecule has 0 saturated heterocycles. The van der Waals surface area contributed by atoms with Crippen LogP contribution in [-0.2, 0) is 11.3 Å². The van der Waals surface area contributed by atoms with E-state index < -0.39 is 23.7 Å². The molecular weight excluding hydrogens is 320 g/mol. The molecule has 8 heteroatoms. The van der Waals surface area contributed by atoms with Crippen LogP contribution in [0, 0.1) is 0 Å². The SMILES string of the molecule is O=C(Cn1c(=O)[nH]c2ccccc2c1=O)Nc1ccc(Cl)cn1. The van der Waals surface area contributed by atoms with Crippen LogP contribution in [-0.4, -0.2) is 20.4 Å². The summed E-state index contributed by atoms with van der Waals surface area (Å²) >= 11 is 5.71. The second-order valence-corrected chi connectivity index (χ2v) is 5.21. The number of aromatic nitrogens is 3. The van der Waals surface area contributed by atoms with Crippen molar-refractivity contribution in [1.29, 1.82) is 0 Å². The van der Waals surface area contributed by atoms with Crippen LogP contribution in [0.3, 0.4) is 0 Å². The number of pyridine rings is 1. The molecule has 0 bridgehead atoms. The van der Waals surface area contributed by atoms with Crippen molar-refractivity contribution in [3.63, 3.8) is 0 Å². The molecule has 0 aliphatic heterocycles. The van der Waals surface area contributed by atoms with E-state index in [0.29, 0.717) is 15.9 Å². The molecule has 2 N–H and O–H groups in total. The fraction of sp³-hybridized carbons (Fsp3) is 0.0667. The first-order chi connectivity index (χ1) is 11.0. The number of aromatic amines is 1. The van der Waals surface area contributed by atoms with Crippen LogP contribution >= 0.6 is 11.6 Å². The van der Waals surface area contributed by atoms with Gasteiger partial charge in [0.25, 0.3) is 5.56 Å². The summed E-state index contributed by atoms with van der Waals surface area (Å²) in [5.74, 6) is -0.257.